The molecule has 2 radical (unpaired) electrons. The number of thioether (sulfide) groups is 1. The molecule has 10 atom stereocenters. The number of imide groups is 1. The minimum atomic E-state index is -1.75. The van der Waals surface area contributed by atoms with Gasteiger partial charge in [0.2, 0.25) is 92.0 Å². The highest BCUT2D eigenvalue weighted by Gasteiger charge is 2.43. The van der Waals surface area contributed by atoms with Gasteiger partial charge >= 0.3 is 0 Å². The molecule has 4 heterocycles. The third-order valence-corrected chi connectivity index (χ3v) is 18.0. The van der Waals surface area contributed by atoms with E-state index in [-0.39, 0.29) is 51.1 Å². The number of β-amino-alcohol motifs (C(OH)–C–C–N with tert-alkyl or cyclic N) is 1. The highest BCUT2D eigenvalue weighted by Crippen LogP contribution is 2.32. The van der Waals surface area contributed by atoms with E-state index in [1.807, 2.05) is 0 Å². The molecule has 6 rings (SSSR count). The molecule has 33 heteroatoms. The molecule has 1 aromatic heterocycles. The van der Waals surface area contributed by atoms with Gasteiger partial charge in [0.15, 0.2) is 0 Å². The molecule has 0 saturated carbocycles. The number of hydrogen-bond acceptors (Lipinski definition) is 19. The van der Waals surface area contributed by atoms with Crippen molar-refractivity contribution in [1.82, 2.24) is 62.6 Å². The molecule has 13 amide bonds. The quantitative estimate of drug-likeness (QED) is 0.0148. The van der Waals surface area contributed by atoms with Gasteiger partial charge in [-0.2, -0.15) is 0 Å². The second-order valence-electron chi connectivity index (χ2n) is 22.0. The van der Waals surface area contributed by atoms with Crippen LogP contribution in [0.2, 0.25) is 0 Å². The van der Waals surface area contributed by atoms with Gasteiger partial charge in [0.05, 0.1) is 41.9 Å². The fourth-order valence-electron chi connectivity index (χ4n) is 9.96. The predicted molar refractivity (Wildman–Crippen MR) is 324 cm³/mol. The summed E-state index contributed by atoms with van der Waals surface area (Å²) in [5.74, 6) is -10.5. The summed E-state index contributed by atoms with van der Waals surface area (Å²) in [7, 11) is 1.17. The summed E-state index contributed by atoms with van der Waals surface area (Å²) in [6.45, 7) is 5.88. The average molecular weight is 1290 g/mol. The number of anilines is 1. The monoisotopic (exact) mass is 1290 g/mol. The molecule has 0 spiro atoms. The topological polar surface area (TPSA) is 440 Å². The number of carbonyl (C=O) groups is 13. The van der Waals surface area contributed by atoms with Crippen LogP contribution in [0.1, 0.15) is 77.8 Å². The van der Waals surface area contributed by atoms with Crippen molar-refractivity contribution in [3.05, 3.63) is 59.7 Å². The van der Waals surface area contributed by atoms with Gasteiger partial charge in [-0.25, -0.2) is 4.89 Å². The maximum absolute atomic E-state index is 14.7. The number of nitrogens with zero attached hydrogens (tertiary/aromatic N) is 2. The number of likely N-dealkylation sites (tertiary alicyclic amines) is 2. The second kappa shape index (κ2) is 33.3. The molecule has 15 N–H and O–H groups in total. The van der Waals surface area contributed by atoms with Crippen LogP contribution in [0.3, 0.4) is 0 Å². The first-order valence-corrected chi connectivity index (χ1v) is 32.1. The predicted octanol–water partition coefficient (Wildman–Crippen LogP) is -2.97. The average Bonchev–Trinajstić information content (AvgIpc) is 2.08. The number of fused-ring (bicyclic) bond motifs is 3. The van der Waals surface area contributed by atoms with E-state index in [4.69, 9.17) is 5.73 Å². The standard InChI is InChI=1S/C56H76N14O16S2.Al/c1-6-28(4)47-52(81)60-22-43(74)64-38(25-88-54-34(33-9-7-8-10-35(33)66-54)18-36(61-26-86-85)50(79)59-23-44(75)68-47)51(80)65-37(55(83)70-24-32(71)17-39(70)48(57)77)19-42(73)58-21-30-11-13-31(14-12-30)63-49(78)29(5)62-53(82)46(27(2)3)67-41(72)15-16-69-45(76)20-40(87)56(69)84;/h7-14,27-29,32,36-40,46-47,61,66,71,85,87H,6,15-26H2,1-5H3,(H2,57,77)(H,58,73)(H,59,79)(H,60,81)(H,62,82)(H,63,78)(H,64,74)(H,65,80)(H,67,72)(H,68,75);/q;+1/p-1/t28?,29-,32?,36?,37?,38?,39?,40?,46?,47?;/m0./s1. The second-order valence-corrected chi connectivity index (χ2v) is 24.7. The lowest BCUT2D eigenvalue weighted by atomic mass is 9.98. The van der Waals surface area contributed by atoms with Crippen molar-refractivity contribution in [3.8, 4) is 0 Å². The van der Waals surface area contributed by atoms with Gasteiger partial charge in [0.1, 0.15) is 43.0 Å². The normalized spacial score (nSPS) is 21.8. The fraction of sp³-hybridized carbons (Fsp3) is 0.518. The number of amides is 13. The zero-order chi connectivity index (χ0) is 65.2. The smallest absolute Gasteiger partial charge is 0.246 e. The van der Waals surface area contributed by atoms with Crippen molar-refractivity contribution in [3.63, 3.8) is 0 Å². The van der Waals surface area contributed by atoms with Crippen LogP contribution in [0.25, 0.3) is 10.9 Å². The maximum Gasteiger partial charge on any atom is 0.246 e. The van der Waals surface area contributed by atoms with Crippen LogP contribution in [0.4, 0.5) is 5.69 Å². The van der Waals surface area contributed by atoms with Gasteiger partial charge in [-0.3, -0.25) is 87.9 Å². The molecule has 2 fully saturated rings. The van der Waals surface area contributed by atoms with Crippen LogP contribution in [-0.4, -0.2) is 209 Å². The van der Waals surface area contributed by atoms with Crippen LogP contribution < -0.4 is 58.9 Å². The van der Waals surface area contributed by atoms with E-state index in [2.05, 4.69) is 78.2 Å². The highest BCUT2D eigenvalue weighted by molar-refractivity contribution is 8.20. The minimum Gasteiger partial charge on any atom is -0.391 e. The maximum atomic E-state index is 14.7. The third kappa shape index (κ3) is 19.7. The summed E-state index contributed by atoms with van der Waals surface area (Å²) in [6, 6.07) is 4.14. The summed E-state index contributed by atoms with van der Waals surface area (Å²) >= 11 is 3.38. The molecule has 0 aliphatic carbocycles. The number of primary amides is 1. The number of rotatable bonds is 23. The van der Waals surface area contributed by atoms with Gasteiger partial charge < -0.3 is 68.6 Å². The number of H-pyrrole nitrogens is 1. The number of aliphatic hydroxyl groups is 1. The molecule has 0 bridgehead atoms. The van der Waals surface area contributed by atoms with Crippen molar-refractivity contribution >= 4 is 130 Å². The molecule has 2 aromatic carbocycles. The van der Waals surface area contributed by atoms with Crippen LogP contribution in [0.5, 0.6) is 0 Å². The number of aliphatic hydroxyl groups excluding tert-OH is 1. The van der Waals surface area contributed by atoms with E-state index in [9.17, 15) is 72.7 Å². The summed E-state index contributed by atoms with van der Waals surface area (Å²) < 4.78 is 0. The Balaban J connectivity index is 1.16. The molecular formula is C56H75AlN14O16S2. The van der Waals surface area contributed by atoms with Crippen molar-refractivity contribution in [1.29, 1.82) is 0 Å². The fourth-order valence-corrected chi connectivity index (χ4v) is 12.2. The molecule has 9 unspecified atom stereocenters. The van der Waals surface area contributed by atoms with Crippen molar-refractivity contribution in [2.75, 3.05) is 44.0 Å². The largest absolute Gasteiger partial charge is 0.391 e. The van der Waals surface area contributed by atoms with Crippen LogP contribution in [0.15, 0.2) is 53.6 Å². The first kappa shape index (κ1) is 70.4. The summed E-state index contributed by atoms with van der Waals surface area (Å²) in [6.07, 6.45) is -2.04. The number of para-hydroxylation sites is 1. The van der Waals surface area contributed by atoms with E-state index in [0.717, 1.165) is 21.6 Å². The van der Waals surface area contributed by atoms with Gasteiger partial charge in [-0.05, 0) is 48.1 Å². The van der Waals surface area contributed by atoms with E-state index < -0.39 is 169 Å². The lowest BCUT2D eigenvalue weighted by Gasteiger charge is -2.29. The highest BCUT2D eigenvalue weighted by atomic mass is 32.3. The molecule has 2 saturated heterocycles. The zero-order valence-electron chi connectivity index (χ0n) is 49.6. The Morgan fingerprint density at radius 3 is 2.20 bits per heavy atom. The van der Waals surface area contributed by atoms with Crippen LogP contribution in [-0.2, 0) is 80.2 Å². The number of hydrogen-bond donors (Lipinski definition) is 14. The van der Waals surface area contributed by atoms with Gasteiger partial charge in [-0.1, -0.05) is 64.4 Å². The van der Waals surface area contributed by atoms with Gasteiger partial charge in [0, 0.05) is 67.7 Å². The number of nitrogens with one attached hydrogen (secondary N) is 11. The lowest BCUT2D eigenvalue weighted by molar-refractivity contribution is -0.248. The van der Waals surface area contributed by atoms with Crippen LogP contribution >= 0.6 is 21.9 Å². The Bertz CT molecular complexity index is 3140. The zero-order valence-corrected chi connectivity index (χ0v) is 52.4. The Labute approximate surface area is 527 Å². The lowest BCUT2D eigenvalue weighted by Crippen LogP contribution is -2.58. The number of nitrogens with two attached hydrogens (primary N) is 1. The molecule has 480 valence electrons. The van der Waals surface area contributed by atoms with E-state index >= 15 is 0 Å². The molecule has 30 nitrogen and oxygen atoms in total. The molecular weight excluding hydrogens is 1220 g/mol. The van der Waals surface area contributed by atoms with Gasteiger partial charge in [-0.15, -0.1) is 11.8 Å². The van der Waals surface area contributed by atoms with Crippen molar-refractivity contribution < 1.29 is 77.6 Å². The third-order valence-electron chi connectivity index (χ3n) is 15.2. The Morgan fingerprint density at radius 2 is 1.55 bits per heavy atom. The summed E-state index contributed by atoms with van der Waals surface area (Å²) in [5, 5.41) is 46.5. The Morgan fingerprint density at radius 1 is 0.865 bits per heavy atom. The molecule has 3 aliphatic heterocycles. The van der Waals surface area contributed by atoms with Crippen LogP contribution in [0, 0.1) is 11.8 Å². The summed E-state index contributed by atoms with van der Waals surface area (Å²) in [4.78, 5) is 184. The number of aromatic nitrogens is 1. The number of aromatic amines is 1. The minimum absolute atomic E-state index is 0.0281. The first-order valence-electron chi connectivity index (χ1n) is 28.7. The first-order chi connectivity index (χ1) is 42.3. The number of carbonyl (C=O) groups excluding carboxylic acids is 13. The van der Waals surface area contributed by atoms with E-state index in [0.29, 0.717) is 39.2 Å². The molecule has 3 aliphatic rings. The summed E-state index contributed by atoms with van der Waals surface area (Å²) in [5.41, 5.74) is 7.59. The Hall–Kier alpha value is -7.64. The molecule has 89 heavy (non-hydrogen) atoms. The van der Waals surface area contributed by atoms with E-state index in [1.54, 1.807) is 64.1 Å². The van der Waals surface area contributed by atoms with E-state index in [1.165, 1.54) is 29.2 Å². The van der Waals surface area contributed by atoms with Crippen molar-refractivity contribution in [2.24, 2.45) is 17.6 Å². The molecule has 3 aromatic rings. The van der Waals surface area contributed by atoms with Gasteiger partial charge in [0.25, 0.3) is 0 Å². The van der Waals surface area contributed by atoms with Crippen molar-refractivity contribution in [2.45, 2.75) is 138 Å². The Kier molecular flexibility index (Phi) is 26.3. The number of benzene rings is 2. The SMILES string of the molecule is CCC(C)C1NC(=O)CNC(=O)C(NCOO)Cc2c([nH]c3ccccc23)SCC(C(=O)NC(CC(=O)NCc2ccc(NC(=O)[C@H](C)NC(=O)C(NC(=O)CCN3C(=O)CC([S][Al])C3=O)C(C)C)cc2)C(=O)N2CC(O)CC2C(N)=O)NC(=O)CNC1=O.